The summed E-state index contributed by atoms with van der Waals surface area (Å²) in [5, 5.41) is 2.79. The molecule has 39 heavy (non-hydrogen) atoms. The lowest BCUT2D eigenvalue weighted by Gasteiger charge is -2.33. The van der Waals surface area contributed by atoms with Crippen LogP contribution >= 0.6 is 11.9 Å². The van der Waals surface area contributed by atoms with Gasteiger partial charge in [0.15, 0.2) is 0 Å². The minimum Gasteiger partial charge on any atom is -0.329 e. The minimum absolute atomic E-state index is 0.542. The Morgan fingerprint density at radius 1 is 1.03 bits per heavy atom. The van der Waals surface area contributed by atoms with Crippen molar-refractivity contribution in [3.8, 4) is 16.8 Å². The maximum absolute atomic E-state index is 10.9. The number of carbonyl (C=O) groups excluding carboxylic acids is 1. The fraction of sp³-hybridized carbons (Fsp3) is 0.323. The number of hydrogen-bond donors (Lipinski definition) is 2. The van der Waals surface area contributed by atoms with Gasteiger partial charge in [-0.25, -0.2) is 4.98 Å². The monoisotopic (exact) mass is 542 g/mol. The smallest absolute Gasteiger partial charge is 0.211 e. The summed E-state index contributed by atoms with van der Waals surface area (Å²) < 4.78 is 5.56. The van der Waals surface area contributed by atoms with E-state index in [4.69, 9.17) is 0 Å². The van der Waals surface area contributed by atoms with Crippen molar-refractivity contribution in [3.63, 3.8) is 0 Å². The number of nitrogens with zero attached hydrogens (tertiary/aromatic N) is 4. The van der Waals surface area contributed by atoms with Crippen molar-refractivity contribution in [3.05, 3.63) is 96.3 Å². The van der Waals surface area contributed by atoms with E-state index in [-0.39, 0.29) is 0 Å². The third-order valence-corrected chi connectivity index (χ3v) is 7.31. The normalized spacial score (nSPS) is 15.3. The number of pyridine rings is 1. The molecule has 3 heterocycles. The maximum Gasteiger partial charge on any atom is 0.211 e. The Labute approximate surface area is 236 Å². The Morgan fingerprint density at radius 2 is 1.87 bits per heavy atom. The molecule has 1 aliphatic heterocycles. The van der Waals surface area contributed by atoms with Gasteiger partial charge < -0.3 is 9.88 Å². The van der Waals surface area contributed by atoms with Crippen molar-refractivity contribution < 1.29 is 4.79 Å². The number of likely N-dealkylation sites (tertiary alicyclic amines) is 1. The van der Waals surface area contributed by atoms with Crippen molar-refractivity contribution in [1.29, 1.82) is 0 Å². The summed E-state index contributed by atoms with van der Waals surface area (Å²) in [4.78, 5) is 21.9. The molecule has 2 aromatic heterocycles. The minimum atomic E-state index is 0.542. The molecule has 1 amide bonds. The van der Waals surface area contributed by atoms with Crippen LogP contribution in [0.2, 0.25) is 0 Å². The van der Waals surface area contributed by atoms with Crippen LogP contribution in [0.3, 0.4) is 0 Å². The van der Waals surface area contributed by atoms with Gasteiger partial charge in [0.05, 0.1) is 12.0 Å². The van der Waals surface area contributed by atoms with Crippen LogP contribution in [0.5, 0.6) is 0 Å². The van der Waals surface area contributed by atoms with Crippen LogP contribution in [-0.4, -0.2) is 50.7 Å². The third-order valence-electron chi connectivity index (χ3n) is 6.52. The van der Waals surface area contributed by atoms with Gasteiger partial charge >= 0.3 is 0 Å². The Bertz CT molecular complexity index is 1330. The zero-order chi connectivity index (χ0) is 27.5. The van der Waals surface area contributed by atoms with Gasteiger partial charge in [-0.1, -0.05) is 49.2 Å². The van der Waals surface area contributed by atoms with E-state index in [0.29, 0.717) is 6.04 Å². The molecule has 1 aliphatic rings. The summed E-state index contributed by atoms with van der Waals surface area (Å²) in [6.45, 7) is 9.19. The van der Waals surface area contributed by atoms with E-state index in [0.717, 1.165) is 54.6 Å². The molecule has 1 fully saturated rings. The van der Waals surface area contributed by atoms with Gasteiger partial charge in [-0.15, -0.1) is 0 Å². The van der Waals surface area contributed by atoms with Gasteiger partial charge in [0.1, 0.15) is 0 Å². The highest BCUT2D eigenvalue weighted by atomic mass is 32.2. The lowest BCUT2D eigenvalue weighted by molar-refractivity contribution is -0.105. The molecular weight excluding hydrogens is 504 g/mol. The van der Waals surface area contributed by atoms with E-state index in [1.165, 1.54) is 29.5 Å². The Morgan fingerprint density at radius 3 is 2.59 bits per heavy atom. The maximum atomic E-state index is 10.9. The molecule has 8 heteroatoms. The van der Waals surface area contributed by atoms with Crippen LogP contribution in [0.15, 0.2) is 79.4 Å². The van der Waals surface area contributed by atoms with E-state index in [1.54, 1.807) is 11.9 Å². The number of nitrogens with one attached hydrogen (secondary N) is 2. The molecule has 1 atom stereocenters. The average molecular weight is 543 g/mol. The number of piperidine rings is 1. The number of rotatable bonds is 9. The molecule has 0 spiro atoms. The number of benzene rings is 2. The van der Waals surface area contributed by atoms with Crippen LogP contribution < -0.4 is 10.0 Å². The van der Waals surface area contributed by atoms with Crippen molar-refractivity contribution in [2.24, 2.45) is 0 Å². The van der Waals surface area contributed by atoms with Crippen molar-refractivity contribution in [2.45, 2.75) is 46.2 Å². The zero-order valence-corrected chi connectivity index (χ0v) is 23.8. The molecule has 0 saturated carbocycles. The lowest BCUT2D eigenvalue weighted by atomic mass is 10.1. The quantitative estimate of drug-likeness (QED) is 0.199. The van der Waals surface area contributed by atoms with E-state index in [1.807, 2.05) is 67.5 Å². The first-order chi connectivity index (χ1) is 19.0. The Kier molecular flexibility index (Phi) is 10.7. The number of aryl methyl sites for hydroxylation is 2. The number of aromatic nitrogens is 3. The molecule has 1 saturated heterocycles. The molecule has 2 N–H and O–H groups in total. The van der Waals surface area contributed by atoms with Gasteiger partial charge in [-0.2, -0.15) is 0 Å². The highest BCUT2D eigenvalue weighted by molar-refractivity contribution is 7.97. The SMILES string of the molecule is CCSNC1CCCN(Cc2cc(NC=O)cc(-n3cnc(C)c3)c2)C1.Cc1cc(-c2ccccc2)ccn1. The number of amides is 1. The first-order valence-corrected chi connectivity index (χ1v) is 14.5. The van der Waals surface area contributed by atoms with E-state index in [9.17, 15) is 4.79 Å². The van der Waals surface area contributed by atoms with Crippen LogP contribution in [0.1, 0.15) is 36.7 Å². The van der Waals surface area contributed by atoms with Gasteiger partial charge in [-0.05, 0) is 80.3 Å². The topological polar surface area (TPSA) is 75.1 Å². The van der Waals surface area contributed by atoms with Gasteiger partial charge in [0.2, 0.25) is 6.41 Å². The number of imidazole rings is 1. The second-order valence-corrected chi connectivity index (χ2v) is 10.9. The average Bonchev–Trinajstić information content (AvgIpc) is 3.39. The molecule has 0 aliphatic carbocycles. The van der Waals surface area contributed by atoms with Gasteiger partial charge in [-0.3, -0.25) is 19.4 Å². The lowest BCUT2D eigenvalue weighted by Crippen LogP contribution is -2.43. The summed E-state index contributed by atoms with van der Waals surface area (Å²) >= 11 is 1.80. The molecule has 4 aromatic rings. The molecule has 5 rings (SSSR count). The first kappa shape index (κ1) is 28.5. The second kappa shape index (κ2) is 14.6. The first-order valence-electron chi connectivity index (χ1n) is 13.5. The zero-order valence-electron chi connectivity index (χ0n) is 23.0. The third kappa shape index (κ3) is 8.78. The summed E-state index contributed by atoms with van der Waals surface area (Å²) in [5.41, 5.74) is 7.52. The van der Waals surface area contributed by atoms with Crippen LogP contribution in [0, 0.1) is 13.8 Å². The molecule has 1 unspecified atom stereocenters. The molecule has 0 bridgehead atoms. The van der Waals surface area contributed by atoms with E-state index >= 15 is 0 Å². The molecule has 7 nitrogen and oxygen atoms in total. The van der Waals surface area contributed by atoms with Crippen LogP contribution in [-0.2, 0) is 11.3 Å². The summed E-state index contributed by atoms with van der Waals surface area (Å²) in [6.07, 6.45) is 8.81. The van der Waals surface area contributed by atoms with Crippen molar-refractivity contribution in [2.75, 3.05) is 24.2 Å². The fourth-order valence-corrected chi connectivity index (χ4v) is 5.33. The summed E-state index contributed by atoms with van der Waals surface area (Å²) in [6, 6.07) is 21.2. The van der Waals surface area contributed by atoms with Crippen molar-refractivity contribution in [1.82, 2.24) is 24.2 Å². The predicted octanol–water partition coefficient (Wildman–Crippen LogP) is 6.03. The molecule has 2 aromatic carbocycles. The second-order valence-electron chi connectivity index (χ2n) is 9.75. The Balaban J connectivity index is 0.000000226. The summed E-state index contributed by atoms with van der Waals surface area (Å²) in [5.74, 6) is 1.09. The van der Waals surface area contributed by atoms with Crippen molar-refractivity contribution >= 4 is 24.0 Å². The standard InChI is InChI=1S/C19H27N5OS.C12H11N/c1-3-26-22-17-5-4-6-23(12-17)11-16-7-18(21-14-25)9-19(8-16)24-10-15(2)20-13-24;1-10-9-12(7-8-13-10)11-5-3-2-4-6-11/h7-10,13-14,17,22H,3-6,11-12H2,1-2H3,(H,21,25);2-9H,1H3. The number of carbonyl (C=O) groups is 1. The highest BCUT2D eigenvalue weighted by Crippen LogP contribution is 2.22. The molecular formula is C31H38N6OS. The van der Waals surface area contributed by atoms with Gasteiger partial charge in [0.25, 0.3) is 0 Å². The highest BCUT2D eigenvalue weighted by Gasteiger charge is 2.20. The predicted molar refractivity (Wildman–Crippen MR) is 162 cm³/mol. The van der Waals surface area contributed by atoms with E-state index < -0.39 is 0 Å². The van der Waals surface area contributed by atoms with Gasteiger partial charge in [0, 0.05) is 54.3 Å². The van der Waals surface area contributed by atoms with Crippen LogP contribution in [0.4, 0.5) is 5.69 Å². The number of anilines is 1. The van der Waals surface area contributed by atoms with E-state index in [2.05, 4.69) is 62.2 Å². The molecule has 204 valence electrons. The molecule has 0 radical (unpaired) electrons. The fourth-order valence-electron chi connectivity index (χ4n) is 4.74. The summed E-state index contributed by atoms with van der Waals surface area (Å²) in [7, 11) is 0. The van der Waals surface area contributed by atoms with Crippen LogP contribution in [0.25, 0.3) is 16.8 Å². The Hall–Kier alpha value is -3.46. The number of hydrogen-bond acceptors (Lipinski definition) is 6. The largest absolute Gasteiger partial charge is 0.329 e.